The number of hydrogen-bond acceptors (Lipinski definition) is 10. The van der Waals surface area contributed by atoms with Crippen LogP contribution in [0.1, 0.15) is 43.8 Å². The van der Waals surface area contributed by atoms with Crippen molar-refractivity contribution in [2.45, 2.75) is 43.0 Å². The van der Waals surface area contributed by atoms with E-state index in [4.69, 9.17) is 13.8 Å². The lowest BCUT2D eigenvalue weighted by molar-refractivity contribution is -0.384. The molecule has 1 amide bonds. The molecule has 0 N–H and O–H groups in total. The molecule has 4 rings (SSSR count). The van der Waals surface area contributed by atoms with Crippen molar-refractivity contribution in [3.05, 3.63) is 52.5 Å². The number of non-ortho nitro benzene ring substituents is 1. The summed E-state index contributed by atoms with van der Waals surface area (Å²) >= 11 is 0. The standard InChI is InChI=1S/C22H26N4O8S/c1-32-21-13-23-12-19(24-21)20-10-11-33-25(20)22(27)16-4-2-15(3-5-16)14-34-35(30,31)18-8-6-17(7-9-18)26(28)29/h6-9,12-13,15-16,20H,2-5,10-11,14H2,1H3/t15-,16-,20-/m0/s1. The summed E-state index contributed by atoms with van der Waals surface area (Å²) in [5, 5.41) is 12.1. The van der Waals surface area contributed by atoms with E-state index in [9.17, 15) is 23.3 Å². The molecule has 1 aromatic carbocycles. The second-order valence-corrected chi connectivity index (χ2v) is 10.1. The van der Waals surface area contributed by atoms with Crippen LogP contribution in [0.2, 0.25) is 0 Å². The fourth-order valence-electron chi connectivity index (χ4n) is 4.32. The van der Waals surface area contributed by atoms with Crippen LogP contribution < -0.4 is 4.74 Å². The minimum Gasteiger partial charge on any atom is -0.480 e. The van der Waals surface area contributed by atoms with Crippen LogP contribution >= 0.6 is 0 Å². The first kappa shape index (κ1) is 24.9. The highest BCUT2D eigenvalue weighted by Gasteiger charge is 2.38. The number of aromatic nitrogens is 2. The maximum Gasteiger partial charge on any atom is 0.296 e. The summed E-state index contributed by atoms with van der Waals surface area (Å²) in [5.41, 5.74) is 0.406. The Morgan fingerprint density at radius 1 is 1.17 bits per heavy atom. The molecule has 2 aliphatic rings. The van der Waals surface area contributed by atoms with Crippen molar-refractivity contribution in [3.8, 4) is 5.88 Å². The van der Waals surface area contributed by atoms with Crippen LogP contribution in [0.4, 0.5) is 5.69 Å². The van der Waals surface area contributed by atoms with Crippen LogP contribution in [-0.4, -0.2) is 54.6 Å². The normalized spacial score (nSPS) is 22.7. The summed E-state index contributed by atoms with van der Waals surface area (Å²) in [6.07, 6.45) is 6.13. The second-order valence-electron chi connectivity index (χ2n) is 8.50. The van der Waals surface area contributed by atoms with Gasteiger partial charge in [0.2, 0.25) is 11.8 Å². The molecule has 1 aromatic heterocycles. The monoisotopic (exact) mass is 506 g/mol. The van der Waals surface area contributed by atoms with E-state index < -0.39 is 15.0 Å². The number of rotatable bonds is 8. The molecule has 2 aromatic rings. The van der Waals surface area contributed by atoms with Crippen molar-refractivity contribution in [3.63, 3.8) is 0 Å². The van der Waals surface area contributed by atoms with E-state index in [1.54, 1.807) is 6.20 Å². The summed E-state index contributed by atoms with van der Waals surface area (Å²) in [7, 11) is -2.53. The summed E-state index contributed by atoms with van der Waals surface area (Å²) in [4.78, 5) is 37.3. The molecule has 0 radical (unpaired) electrons. The molecule has 0 spiro atoms. The molecule has 13 heteroatoms. The van der Waals surface area contributed by atoms with Gasteiger partial charge in [-0.2, -0.15) is 8.42 Å². The number of carbonyl (C=O) groups excluding carboxylic acids is 1. The van der Waals surface area contributed by atoms with Gasteiger partial charge in [0.05, 0.1) is 48.2 Å². The van der Waals surface area contributed by atoms with Gasteiger partial charge in [0, 0.05) is 24.5 Å². The van der Waals surface area contributed by atoms with E-state index in [0.29, 0.717) is 50.3 Å². The largest absolute Gasteiger partial charge is 0.480 e. The van der Waals surface area contributed by atoms with Gasteiger partial charge in [-0.3, -0.25) is 28.9 Å². The smallest absolute Gasteiger partial charge is 0.296 e. The number of nitro benzene ring substituents is 1. The Balaban J connectivity index is 1.30. The zero-order valence-corrected chi connectivity index (χ0v) is 19.9. The van der Waals surface area contributed by atoms with Gasteiger partial charge >= 0.3 is 0 Å². The Kier molecular flexibility index (Phi) is 7.57. The van der Waals surface area contributed by atoms with Crippen molar-refractivity contribution in [2.75, 3.05) is 20.3 Å². The Morgan fingerprint density at radius 2 is 1.89 bits per heavy atom. The van der Waals surface area contributed by atoms with Crippen molar-refractivity contribution in [1.29, 1.82) is 0 Å². The average Bonchev–Trinajstić information content (AvgIpc) is 3.37. The Hall–Kier alpha value is -3.16. The third-order valence-corrected chi connectivity index (χ3v) is 7.59. The maximum atomic E-state index is 13.2. The zero-order valence-electron chi connectivity index (χ0n) is 19.1. The maximum absolute atomic E-state index is 13.2. The van der Waals surface area contributed by atoms with Crippen molar-refractivity contribution in [2.24, 2.45) is 11.8 Å². The molecule has 1 aliphatic heterocycles. The Morgan fingerprint density at radius 3 is 2.54 bits per heavy atom. The number of amides is 1. The number of benzene rings is 1. The van der Waals surface area contributed by atoms with Gasteiger partial charge in [-0.1, -0.05) is 0 Å². The highest BCUT2D eigenvalue weighted by Crippen LogP contribution is 2.36. The molecule has 35 heavy (non-hydrogen) atoms. The zero-order chi connectivity index (χ0) is 25.0. The van der Waals surface area contributed by atoms with Gasteiger partial charge in [-0.25, -0.2) is 10.0 Å². The second kappa shape index (κ2) is 10.6. The molecule has 1 aliphatic carbocycles. The Labute approximate surface area is 202 Å². The minimum absolute atomic E-state index is 0.0114. The van der Waals surface area contributed by atoms with Crippen LogP contribution in [0, 0.1) is 22.0 Å². The van der Waals surface area contributed by atoms with Crippen LogP contribution in [0.3, 0.4) is 0 Å². The van der Waals surface area contributed by atoms with E-state index in [1.165, 1.54) is 18.4 Å². The lowest BCUT2D eigenvalue weighted by atomic mass is 9.82. The quantitative estimate of drug-likeness (QED) is 0.297. The molecular weight excluding hydrogens is 480 g/mol. The van der Waals surface area contributed by atoms with E-state index >= 15 is 0 Å². The number of hydroxylamine groups is 2. The van der Waals surface area contributed by atoms with Crippen molar-refractivity contribution < 1.29 is 31.9 Å². The number of methoxy groups -OCH3 is 1. The van der Waals surface area contributed by atoms with Crippen molar-refractivity contribution >= 4 is 21.7 Å². The van der Waals surface area contributed by atoms with E-state index in [0.717, 1.165) is 24.3 Å². The van der Waals surface area contributed by atoms with Crippen LogP contribution in [0.25, 0.3) is 0 Å². The predicted octanol–water partition coefficient (Wildman–Crippen LogP) is 2.81. The number of nitro groups is 1. The predicted molar refractivity (Wildman–Crippen MR) is 120 cm³/mol. The molecule has 1 saturated carbocycles. The molecule has 0 bridgehead atoms. The van der Waals surface area contributed by atoms with E-state index in [-0.39, 0.29) is 41.0 Å². The molecule has 2 fully saturated rings. The number of ether oxygens (including phenoxy) is 1. The summed E-state index contributed by atoms with van der Waals surface area (Å²) in [5.74, 6) is -0.0101. The topological polar surface area (TPSA) is 151 Å². The number of hydrogen-bond donors (Lipinski definition) is 0. The van der Waals surface area contributed by atoms with Crippen LogP contribution in [0.5, 0.6) is 5.88 Å². The first-order valence-electron chi connectivity index (χ1n) is 11.2. The van der Waals surface area contributed by atoms with E-state index in [2.05, 4.69) is 9.97 Å². The molecule has 188 valence electrons. The summed E-state index contributed by atoms with van der Waals surface area (Å²) in [6.45, 7) is 0.390. The molecule has 2 heterocycles. The summed E-state index contributed by atoms with van der Waals surface area (Å²) in [6, 6.07) is 4.22. The highest BCUT2D eigenvalue weighted by atomic mass is 32.2. The highest BCUT2D eigenvalue weighted by molar-refractivity contribution is 7.86. The van der Waals surface area contributed by atoms with Gasteiger partial charge < -0.3 is 4.74 Å². The number of nitrogens with zero attached hydrogens (tertiary/aromatic N) is 4. The van der Waals surface area contributed by atoms with Crippen LogP contribution in [-0.2, 0) is 23.9 Å². The first-order valence-corrected chi connectivity index (χ1v) is 12.6. The molecule has 1 atom stereocenters. The van der Waals surface area contributed by atoms with Gasteiger partial charge in [-0.15, -0.1) is 0 Å². The minimum atomic E-state index is -4.03. The molecule has 12 nitrogen and oxygen atoms in total. The van der Waals surface area contributed by atoms with Gasteiger partial charge in [0.1, 0.15) is 6.04 Å². The first-order chi connectivity index (χ1) is 16.8. The van der Waals surface area contributed by atoms with Crippen LogP contribution in [0.15, 0.2) is 41.6 Å². The SMILES string of the molecule is COc1cncc([C@@H]2CCON2C(=O)[C@H]2CC[C@H](COS(=O)(=O)c3ccc([N+](=O)[O-])cc3)CC2)n1. The van der Waals surface area contributed by atoms with Gasteiger partial charge in [0.25, 0.3) is 15.8 Å². The van der Waals surface area contributed by atoms with Gasteiger partial charge in [-0.05, 0) is 43.7 Å². The van der Waals surface area contributed by atoms with Gasteiger partial charge in [0.15, 0.2) is 0 Å². The molecule has 0 unspecified atom stereocenters. The van der Waals surface area contributed by atoms with Crippen molar-refractivity contribution in [1.82, 2.24) is 15.0 Å². The molecule has 1 saturated heterocycles. The average molecular weight is 507 g/mol. The Bertz CT molecular complexity index is 1170. The van der Waals surface area contributed by atoms with E-state index in [1.807, 2.05) is 0 Å². The third kappa shape index (κ3) is 5.74. The fourth-order valence-corrected chi connectivity index (χ4v) is 5.30. The lowest BCUT2D eigenvalue weighted by Gasteiger charge is -2.31. The third-order valence-electron chi connectivity index (χ3n) is 6.29. The fraction of sp³-hybridized carbons (Fsp3) is 0.500. The molecular formula is C22H26N4O8S. The summed E-state index contributed by atoms with van der Waals surface area (Å²) < 4.78 is 35.2. The lowest BCUT2D eigenvalue weighted by Crippen LogP contribution is -2.37. The number of carbonyl (C=O) groups is 1.